The summed E-state index contributed by atoms with van der Waals surface area (Å²) < 4.78 is 10.6. The quantitative estimate of drug-likeness (QED) is 0.777. The maximum absolute atomic E-state index is 12.6. The third-order valence-corrected chi connectivity index (χ3v) is 3.93. The number of hydrogen-bond acceptors (Lipinski definition) is 5. The molecule has 0 bridgehead atoms. The zero-order valence-corrected chi connectivity index (χ0v) is 15.3. The van der Waals surface area contributed by atoms with Gasteiger partial charge in [-0.25, -0.2) is 9.59 Å². The molecule has 0 aromatic rings. The molecule has 136 valence electrons. The molecule has 2 rings (SSSR count). The Hall–Kier alpha value is -1.79. The minimum absolute atomic E-state index is 0.0324. The van der Waals surface area contributed by atoms with E-state index in [0.717, 1.165) is 6.42 Å². The van der Waals surface area contributed by atoms with Gasteiger partial charge in [0.25, 0.3) is 0 Å². The second-order valence-electron chi connectivity index (χ2n) is 8.46. The maximum atomic E-state index is 12.6. The van der Waals surface area contributed by atoms with Crippen molar-refractivity contribution in [1.82, 2.24) is 10.2 Å². The molecule has 1 N–H and O–H groups in total. The summed E-state index contributed by atoms with van der Waals surface area (Å²) in [6.45, 7) is 10.7. The molecule has 2 aliphatic rings. The third-order valence-electron chi connectivity index (χ3n) is 3.93. The number of alkyl carbamates (subject to hydrolysis) is 1. The minimum atomic E-state index is -0.643. The van der Waals surface area contributed by atoms with E-state index >= 15 is 0 Å². The van der Waals surface area contributed by atoms with Gasteiger partial charge in [-0.15, -0.1) is 0 Å². The van der Waals surface area contributed by atoms with E-state index in [1.165, 1.54) is 0 Å². The fraction of sp³-hybridized carbons (Fsp3) is 0.824. The lowest BCUT2D eigenvalue weighted by atomic mass is 10.1. The first-order valence-corrected chi connectivity index (χ1v) is 8.42. The molecule has 0 unspecified atom stereocenters. The van der Waals surface area contributed by atoms with Crippen molar-refractivity contribution in [1.29, 1.82) is 0 Å². The Morgan fingerprint density at radius 2 is 1.62 bits per heavy atom. The summed E-state index contributed by atoms with van der Waals surface area (Å²) in [4.78, 5) is 38.4. The van der Waals surface area contributed by atoms with Gasteiger partial charge < -0.3 is 19.7 Å². The molecule has 2 fully saturated rings. The largest absolute Gasteiger partial charge is 0.458 e. The summed E-state index contributed by atoms with van der Waals surface area (Å²) in [7, 11) is 0. The van der Waals surface area contributed by atoms with Gasteiger partial charge in [0.05, 0.1) is 0 Å². The van der Waals surface area contributed by atoms with Crippen LogP contribution in [0.25, 0.3) is 0 Å². The monoisotopic (exact) mass is 340 g/mol. The number of fused-ring (bicyclic) bond motifs is 1. The average Bonchev–Trinajstić information content (AvgIpc) is 2.87. The molecule has 2 amide bonds. The smallest absolute Gasteiger partial charge is 0.408 e. The number of hydrogen-bond donors (Lipinski definition) is 1. The molecule has 3 atom stereocenters. The Labute approximate surface area is 143 Å². The summed E-state index contributed by atoms with van der Waals surface area (Å²) >= 11 is 0. The van der Waals surface area contributed by atoms with Gasteiger partial charge in [-0.1, -0.05) is 0 Å². The summed E-state index contributed by atoms with van der Waals surface area (Å²) in [6.07, 6.45) is 1.22. The highest BCUT2D eigenvalue weighted by Gasteiger charge is 2.50. The highest BCUT2D eigenvalue weighted by Crippen LogP contribution is 2.35. The van der Waals surface area contributed by atoms with Crippen molar-refractivity contribution in [2.75, 3.05) is 0 Å². The highest BCUT2D eigenvalue weighted by molar-refractivity contribution is 5.92. The Balaban J connectivity index is 2.00. The van der Waals surface area contributed by atoms with Crippen LogP contribution in [0.1, 0.15) is 60.8 Å². The van der Waals surface area contributed by atoms with Gasteiger partial charge in [-0.3, -0.25) is 4.79 Å². The molecular formula is C17H28N2O5. The highest BCUT2D eigenvalue weighted by atomic mass is 16.6. The Morgan fingerprint density at radius 1 is 1.04 bits per heavy atom. The lowest BCUT2D eigenvalue weighted by Gasteiger charge is -2.27. The van der Waals surface area contributed by atoms with Gasteiger partial charge in [0.1, 0.15) is 23.3 Å². The van der Waals surface area contributed by atoms with Crippen LogP contribution in [-0.4, -0.2) is 52.2 Å². The van der Waals surface area contributed by atoms with E-state index in [1.54, 1.807) is 46.4 Å². The SMILES string of the molecule is CC(C)(C)OC(=O)N[C@H]1C[C@H]2CC[C@@H](C(=O)OC(C)(C)C)N2C1=O. The van der Waals surface area contributed by atoms with Crippen molar-refractivity contribution in [3.05, 3.63) is 0 Å². The predicted octanol–water partition coefficient (Wildman–Crippen LogP) is 1.98. The molecule has 0 aromatic carbocycles. The van der Waals surface area contributed by atoms with Gasteiger partial charge in [0.2, 0.25) is 5.91 Å². The molecule has 7 nitrogen and oxygen atoms in total. The molecule has 2 aliphatic heterocycles. The first-order valence-electron chi connectivity index (χ1n) is 8.42. The lowest BCUT2D eigenvalue weighted by molar-refractivity contribution is -0.163. The van der Waals surface area contributed by atoms with Crippen LogP contribution in [0.5, 0.6) is 0 Å². The molecular weight excluding hydrogens is 312 g/mol. The Morgan fingerprint density at radius 3 is 2.17 bits per heavy atom. The van der Waals surface area contributed by atoms with Gasteiger partial charge in [-0.05, 0) is 60.8 Å². The number of ether oxygens (including phenoxy) is 2. The molecule has 7 heteroatoms. The van der Waals surface area contributed by atoms with E-state index in [2.05, 4.69) is 5.32 Å². The van der Waals surface area contributed by atoms with Crippen molar-refractivity contribution in [2.24, 2.45) is 0 Å². The minimum Gasteiger partial charge on any atom is -0.458 e. The fourth-order valence-corrected chi connectivity index (χ4v) is 3.17. The first-order chi connectivity index (χ1) is 10.9. The molecule has 0 aliphatic carbocycles. The van der Waals surface area contributed by atoms with Crippen LogP contribution in [0.2, 0.25) is 0 Å². The number of esters is 1. The summed E-state index contributed by atoms with van der Waals surface area (Å²) in [5.74, 6) is -0.615. The van der Waals surface area contributed by atoms with Crippen LogP contribution in [0.4, 0.5) is 4.79 Å². The molecule has 0 spiro atoms. The van der Waals surface area contributed by atoms with Crippen molar-refractivity contribution in [3.8, 4) is 0 Å². The van der Waals surface area contributed by atoms with E-state index in [1.807, 2.05) is 0 Å². The van der Waals surface area contributed by atoms with E-state index < -0.39 is 29.4 Å². The average molecular weight is 340 g/mol. The van der Waals surface area contributed by atoms with Crippen LogP contribution < -0.4 is 5.32 Å². The zero-order chi connectivity index (χ0) is 18.3. The van der Waals surface area contributed by atoms with E-state index in [4.69, 9.17) is 9.47 Å². The van der Waals surface area contributed by atoms with E-state index in [9.17, 15) is 14.4 Å². The summed E-state index contributed by atoms with van der Waals surface area (Å²) in [5, 5.41) is 2.62. The lowest BCUT2D eigenvalue weighted by Crippen LogP contribution is -2.48. The number of nitrogens with zero attached hydrogens (tertiary/aromatic N) is 1. The Kier molecular flexibility index (Phi) is 4.84. The number of nitrogens with one attached hydrogen (secondary N) is 1. The second-order valence-corrected chi connectivity index (χ2v) is 8.46. The van der Waals surface area contributed by atoms with Crippen LogP contribution in [0.15, 0.2) is 0 Å². The van der Waals surface area contributed by atoms with Crippen molar-refractivity contribution < 1.29 is 23.9 Å². The van der Waals surface area contributed by atoms with Crippen LogP contribution >= 0.6 is 0 Å². The summed E-state index contributed by atoms with van der Waals surface area (Å²) in [5.41, 5.74) is -1.22. The van der Waals surface area contributed by atoms with Crippen LogP contribution in [0.3, 0.4) is 0 Å². The second kappa shape index (κ2) is 6.26. The molecule has 0 radical (unpaired) electrons. The van der Waals surface area contributed by atoms with Crippen molar-refractivity contribution in [2.45, 2.75) is 90.1 Å². The fourth-order valence-electron chi connectivity index (χ4n) is 3.17. The standard InChI is InChI=1S/C17H28N2O5/c1-16(2,3)23-14(21)12-8-7-10-9-11(13(20)19(10)12)18-15(22)24-17(4,5)6/h10-12H,7-9H2,1-6H3,(H,18,22)/t10-,11+,12+/m1/s1. The molecule has 24 heavy (non-hydrogen) atoms. The van der Waals surface area contributed by atoms with Crippen LogP contribution in [0, 0.1) is 0 Å². The van der Waals surface area contributed by atoms with Gasteiger partial charge >= 0.3 is 12.1 Å². The molecule has 2 heterocycles. The van der Waals surface area contributed by atoms with E-state index in [-0.39, 0.29) is 17.9 Å². The topological polar surface area (TPSA) is 84.9 Å². The van der Waals surface area contributed by atoms with Crippen molar-refractivity contribution >= 4 is 18.0 Å². The van der Waals surface area contributed by atoms with Crippen LogP contribution in [-0.2, 0) is 19.1 Å². The summed E-state index contributed by atoms with van der Waals surface area (Å²) in [6, 6.07) is -1.24. The predicted molar refractivity (Wildman–Crippen MR) is 87.3 cm³/mol. The zero-order valence-electron chi connectivity index (χ0n) is 15.3. The maximum Gasteiger partial charge on any atom is 0.408 e. The Bertz CT molecular complexity index is 532. The van der Waals surface area contributed by atoms with Gasteiger partial charge in [0.15, 0.2) is 0 Å². The van der Waals surface area contributed by atoms with Crippen molar-refractivity contribution in [3.63, 3.8) is 0 Å². The molecule has 0 aromatic heterocycles. The third kappa shape index (κ3) is 4.39. The number of rotatable bonds is 2. The van der Waals surface area contributed by atoms with Gasteiger partial charge in [0, 0.05) is 6.04 Å². The number of carbonyl (C=O) groups is 3. The normalized spacial score (nSPS) is 27.0. The number of carbonyl (C=O) groups excluding carboxylic acids is 3. The first kappa shape index (κ1) is 18.5. The van der Waals surface area contributed by atoms with E-state index in [0.29, 0.717) is 12.8 Å². The molecule has 0 saturated carbocycles. The van der Waals surface area contributed by atoms with Gasteiger partial charge in [-0.2, -0.15) is 0 Å². The molecule has 2 saturated heterocycles. The number of amides is 2.